The Morgan fingerprint density at radius 3 is 1.91 bits per heavy atom. The average Bonchev–Trinajstić information content (AvgIpc) is 2.87. The van der Waals surface area contributed by atoms with Gasteiger partial charge in [0.25, 0.3) is 0 Å². The number of hydrogen-bond acceptors (Lipinski definition) is 2. The van der Waals surface area contributed by atoms with Gasteiger partial charge in [-0.05, 0) is 49.0 Å². The third kappa shape index (κ3) is 7.45. The van der Waals surface area contributed by atoms with Crippen molar-refractivity contribution in [3.63, 3.8) is 0 Å². The van der Waals surface area contributed by atoms with E-state index in [1.54, 1.807) is 0 Å². The molecule has 0 saturated heterocycles. The summed E-state index contributed by atoms with van der Waals surface area (Å²) in [5.41, 5.74) is 7.54. The van der Waals surface area contributed by atoms with Gasteiger partial charge in [0.1, 0.15) is 5.78 Å². The molecule has 0 aliphatic carbocycles. The number of Topliss-reactive ketones (excluding diaryl/α,β-unsaturated/α-hetero) is 1. The van der Waals surface area contributed by atoms with Crippen molar-refractivity contribution in [2.45, 2.75) is 92.5 Å². The van der Waals surface area contributed by atoms with Gasteiger partial charge in [0, 0.05) is 29.7 Å². The van der Waals surface area contributed by atoms with Crippen LogP contribution in [-0.4, -0.2) is 11.8 Å². The van der Waals surface area contributed by atoms with Crippen LogP contribution in [-0.2, 0) is 4.79 Å². The molecule has 2 nitrogen and oxygen atoms in total. The Morgan fingerprint density at radius 2 is 1.35 bits per heavy atom. The van der Waals surface area contributed by atoms with Crippen LogP contribution in [0.2, 0.25) is 0 Å². The average molecular weight is 460 g/mol. The molecule has 2 aromatic carbocycles. The van der Waals surface area contributed by atoms with E-state index in [9.17, 15) is 4.79 Å². The summed E-state index contributed by atoms with van der Waals surface area (Å²) in [4.78, 5) is 12.8. The molecule has 2 aromatic rings. The Kier molecular flexibility index (Phi) is 11.9. The van der Waals surface area contributed by atoms with Gasteiger partial charge in [0.05, 0.1) is 0 Å². The number of benzene rings is 2. The summed E-state index contributed by atoms with van der Waals surface area (Å²) in [5.74, 6) is 0.476. The molecule has 0 bridgehead atoms. The van der Waals surface area contributed by atoms with Crippen LogP contribution in [0.5, 0.6) is 0 Å². The third-order valence-corrected chi connectivity index (χ3v) is 6.72. The second-order valence-electron chi connectivity index (χ2n) is 9.25. The first kappa shape index (κ1) is 27.6. The van der Waals surface area contributed by atoms with Crippen molar-refractivity contribution in [2.24, 2.45) is 5.92 Å². The van der Waals surface area contributed by atoms with Crippen molar-refractivity contribution in [1.82, 2.24) is 5.32 Å². The molecule has 0 radical (unpaired) electrons. The van der Waals surface area contributed by atoms with Gasteiger partial charge < -0.3 is 5.32 Å². The van der Waals surface area contributed by atoms with Gasteiger partial charge in [-0.2, -0.15) is 0 Å². The zero-order valence-electron chi connectivity index (χ0n) is 22.3. The maximum atomic E-state index is 12.8. The number of allylic oxidation sites excluding steroid dienone is 3. The third-order valence-electron chi connectivity index (χ3n) is 6.72. The molecular weight excluding hydrogens is 414 g/mol. The van der Waals surface area contributed by atoms with Crippen molar-refractivity contribution in [2.75, 3.05) is 0 Å². The van der Waals surface area contributed by atoms with Gasteiger partial charge in [-0.1, -0.05) is 114 Å². The van der Waals surface area contributed by atoms with Crippen molar-refractivity contribution in [3.8, 4) is 0 Å². The van der Waals surface area contributed by atoms with E-state index in [-0.39, 0.29) is 12.0 Å². The molecule has 0 spiro atoms. The highest BCUT2D eigenvalue weighted by atomic mass is 16.1. The Bertz CT molecular complexity index is 939. The van der Waals surface area contributed by atoms with Gasteiger partial charge in [-0.15, -0.1) is 0 Å². The van der Waals surface area contributed by atoms with Gasteiger partial charge in [-0.3, -0.25) is 4.79 Å². The largest absolute Gasteiger partial charge is 0.382 e. The molecule has 34 heavy (non-hydrogen) atoms. The molecule has 0 saturated carbocycles. The summed E-state index contributed by atoms with van der Waals surface area (Å²) in [7, 11) is 0. The zero-order chi connectivity index (χ0) is 24.9. The standard InChI is InChI=1S/C30H39NO.C2H6/c1-5-6-7-8-15-20-28(32)22(2)21-27-23(3)29(25-16-11-9-12-17-25)30(24(4)31-27)26-18-13-10-14-19-26;1-2/h9-14,16-19,22,27,31H,5-8,15,20-21H2,1-4H3;1-2H3. The number of unbranched alkanes of at least 4 members (excludes halogenated alkanes) is 4. The molecule has 0 aromatic heterocycles. The molecule has 1 aliphatic heterocycles. The quantitative estimate of drug-likeness (QED) is 0.340. The molecule has 2 atom stereocenters. The highest BCUT2D eigenvalue weighted by molar-refractivity contribution is 6.08. The monoisotopic (exact) mass is 459 g/mol. The summed E-state index contributed by atoms with van der Waals surface area (Å²) >= 11 is 0. The number of dihydropyridines is 1. The molecule has 1 aliphatic rings. The van der Waals surface area contributed by atoms with Crippen LogP contribution in [0.15, 0.2) is 71.9 Å². The van der Waals surface area contributed by atoms with Crippen LogP contribution in [0, 0.1) is 5.92 Å². The molecule has 1 heterocycles. The molecule has 3 rings (SSSR count). The summed E-state index contributed by atoms with van der Waals surface area (Å²) in [6, 6.07) is 21.5. The second-order valence-corrected chi connectivity index (χ2v) is 9.25. The predicted octanol–water partition coefficient (Wildman–Crippen LogP) is 8.85. The van der Waals surface area contributed by atoms with Crippen LogP contribution >= 0.6 is 0 Å². The minimum Gasteiger partial charge on any atom is -0.382 e. The normalized spacial score (nSPS) is 16.5. The highest BCUT2D eigenvalue weighted by Gasteiger charge is 2.28. The summed E-state index contributed by atoms with van der Waals surface area (Å²) in [6.07, 6.45) is 7.53. The summed E-state index contributed by atoms with van der Waals surface area (Å²) in [5, 5.41) is 3.75. The fourth-order valence-electron chi connectivity index (χ4n) is 4.81. The Labute approximate surface area is 208 Å². The van der Waals surface area contributed by atoms with E-state index in [2.05, 4.69) is 93.7 Å². The van der Waals surface area contributed by atoms with Crippen LogP contribution in [0.4, 0.5) is 0 Å². The van der Waals surface area contributed by atoms with Crippen LogP contribution in [0.1, 0.15) is 97.6 Å². The van der Waals surface area contributed by atoms with E-state index in [0.717, 1.165) is 19.3 Å². The van der Waals surface area contributed by atoms with Crippen LogP contribution < -0.4 is 5.32 Å². The first-order valence-corrected chi connectivity index (χ1v) is 13.3. The Morgan fingerprint density at radius 1 is 0.824 bits per heavy atom. The van der Waals surface area contributed by atoms with Crippen molar-refractivity contribution < 1.29 is 4.79 Å². The SMILES string of the molecule is CC.CCCCCCCC(=O)C(C)CC1NC(C)=C(c2ccccc2)C(c2ccccc2)=C1C. The summed E-state index contributed by atoms with van der Waals surface area (Å²) in [6.45, 7) is 12.7. The molecule has 0 amide bonds. The minimum absolute atomic E-state index is 0.0664. The number of carbonyl (C=O) groups is 1. The number of carbonyl (C=O) groups excluding carboxylic acids is 1. The van der Waals surface area contributed by atoms with E-state index in [4.69, 9.17) is 0 Å². The molecule has 0 fully saturated rings. The fourth-order valence-corrected chi connectivity index (χ4v) is 4.81. The smallest absolute Gasteiger partial charge is 0.135 e. The van der Waals surface area contributed by atoms with Gasteiger partial charge in [0.15, 0.2) is 0 Å². The topological polar surface area (TPSA) is 29.1 Å². The molecular formula is C32H45NO. The first-order valence-electron chi connectivity index (χ1n) is 13.3. The number of ketones is 1. The second kappa shape index (κ2) is 14.6. The molecule has 1 N–H and O–H groups in total. The summed E-state index contributed by atoms with van der Waals surface area (Å²) < 4.78 is 0. The van der Waals surface area contributed by atoms with Crippen molar-refractivity contribution >= 4 is 16.9 Å². The highest BCUT2D eigenvalue weighted by Crippen LogP contribution is 2.40. The fraction of sp³-hybridized carbons (Fsp3) is 0.469. The maximum absolute atomic E-state index is 12.8. The van der Waals surface area contributed by atoms with Crippen molar-refractivity contribution in [1.29, 1.82) is 0 Å². The molecule has 184 valence electrons. The molecule has 2 heteroatoms. The molecule has 2 unspecified atom stereocenters. The van der Waals surface area contributed by atoms with E-state index in [1.807, 2.05) is 13.8 Å². The van der Waals surface area contributed by atoms with Gasteiger partial charge in [-0.25, -0.2) is 0 Å². The maximum Gasteiger partial charge on any atom is 0.135 e. The Balaban J connectivity index is 0.00000199. The lowest BCUT2D eigenvalue weighted by atomic mass is 9.80. The predicted molar refractivity (Wildman–Crippen MR) is 149 cm³/mol. The van der Waals surface area contributed by atoms with Gasteiger partial charge >= 0.3 is 0 Å². The van der Waals surface area contributed by atoms with Crippen LogP contribution in [0.25, 0.3) is 11.1 Å². The lowest BCUT2D eigenvalue weighted by Gasteiger charge is -2.33. The zero-order valence-corrected chi connectivity index (χ0v) is 22.3. The first-order chi connectivity index (χ1) is 16.5. The van der Waals surface area contributed by atoms with Crippen molar-refractivity contribution in [3.05, 3.63) is 83.1 Å². The Hall–Kier alpha value is -2.61. The van der Waals surface area contributed by atoms with E-state index in [0.29, 0.717) is 5.78 Å². The minimum atomic E-state index is 0.0664. The number of rotatable bonds is 11. The van der Waals surface area contributed by atoms with Crippen LogP contribution in [0.3, 0.4) is 0 Å². The number of hydrogen-bond donors (Lipinski definition) is 1. The van der Waals surface area contributed by atoms with E-state index < -0.39 is 0 Å². The number of nitrogens with one attached hydrogen (secondary N) is 1. The van der Waals surface area contributed by atoms with E-state index in [1.165, 1.54) is 59.2 Å². The van der Waals surface area contributed by atoms with E-state index >= 15 is 0 Å². The van der Waals surface area contributed by atoms with Gasteiger partial charge in [0.2, 0.25) is 0 Å². The lowest BCUT2D eigenvalue weighted by molar-refractivity contribution is -0.122. The lowest BCUT2D eigenvalue weighted by Crippen LogP contribution is -2.36.